The van der Waals surface area contributed by atoms with Crippen LogP contribution in [0.2, 0.25) is 0 Å². The number of hydrogen-bond acceptors (Lipinski definition) is 2. The van der Waals surface area contributed by atoms with E-state index in [1.807, 2.05) is 0 Å². The molecule has 1 amide bonds. The van der Waals surface area contributed by atoms with Gasteiger partial charge < -0.3 is 9.80 Å². The number of nitrogens with zero attached hydrogens (tertiary/aromatic N) is 2. The molecule has 2 aliphatic rings. The van der Waals surface area contributed by atoms with Crippen LogP contribution in [0.3, 0.4) is 0 Å². The molecule has 1 unspecified atom stereocenters. The lowest BCUT2D eigenvalue weighted by molar-refractivity contribution is -0.139. The second-order valence-corrected chi connectivity index (χ2v) is 10.4. The Morgan fingerprint density at radius 3 is 1.79 bits per heavy atom. The molecule has 170 valence electrons. The molecule has 2 saturated heterocycles. The topological polar surface area (TPSA) is 23.6 Å². The maximum absolute atomic E-state index is 13.2. The van der Waals surface area contributed by atoms with Crippen molar-refractivity contribution in [2.45, 2.75) is 111 Å². The number of carbonyl (C=O) groups excluding carboxylic acids is 1. The zero-order valence-corrected chi connectivity index (χ0v) is 20.2. The Balaban J connectivity index is 1.77. The second kappa shape index (κ2) is 13.0. The third-order valence-corrected chi connectivity index (χ3v) is 7.83. The highest BCUT2D eigenvalue weighted by atomic mass is 16.2. The number of piperidine rings is 2. The smallest absolute Gasteiger partial charge is 0.225 e. The number of amides is 1. The lowest BCUT2D eigenvalue weighted by atomic mass is 9.71. The molecule has 2 rings (SSSR count). The van der Waals surface area contributed by atoms with E-state index in [-0.39, 0.29) is 5.92 Å². The fourth-order valence-corrected chi connectivity index (χ4v) is 5.55. The fraction of sp³-hybridized carbons (Fsp3) is 0.962. The third-order valence-electron chi connectivity index (χ3n) is 7.83. The average molecular weight is 407 g/mol. The van der Waals surface area contributed by atoms with Crippen LogP contribution in [0.15, 0.2) is 0 Å². The van der Waals surface area contributed by atoms with Gasteiger partial charge in [-0.3, -0.25) is 4.79 Å². The summed E-state index contributed by atoms with van der Waals surface area (Å²) in [5.41, 5.74) is 0.530. The average Bonchev–Trinajstić information content (AvgIpc) is 2.74. The van der Waals surface area contributed by atoms with E-state index in [0.29, 0.717) is 11.3 Å². The highest BCUT2D eigenvalue weighted by molar-refractivity contribution is 5.78. The van der Waals surface area contributed by atoms with Crippen LogP contribution in [0, 0.1) is 17.3 Å². The van der Waals surface area contributed by atoms with Gasteiger partial charge in [0.1, 0.15) is 0 Å². The number of carbonyl (C=O) groups is 1. The number of hydrogen-bond donors (Lipinski definition) is 0. The normalized spacial score (nSPS) is 21.1. The maximum Gasteiger partial charge on any atom is 0.225 e. The third kappa shape index (κ3) is 7.89. The Kier molecular flexibility index (Phi) is 11.0. The highest BCUT2D eigenvalue weighted by Crippen LogP contribution is 2.42. The van der Waals surface area contributed by atoms with Crippen molar-refractivity contribution < 1.29 is 4.79 Å². The van der Waals surface area contributed by atoms with Gasteiger partial charge in [0.15, 0.2) is 0 Å². The van der Waals surface area contributed by atoms with E-state index in [0.717, 1.165) is 31.8 Å². The van der Waals surface area contributed by atoms with Gasteiger partial charge in [0, 0.05) is 25.6 Å². The molecule has 0 radical (unpaired) electrons. The fourth-order valence-electron chi connectivity index (χ4n) is 5.55. The van der Waals surface area contributed by atoms with Gasteiger partial charge in [-0.25, -0.2) is 0 Å². The first-order valence-corrected chi connectivity index (χ1v) is 13.0. The Bertz CT molecular complexity index is 438. The van der Waals surface area contributed by atoms with Gasteiger partial charge in [0.2, 0.25) is 5.91 Å². The van der Waals surface area contributed by atoms with Crippen LogP contribution in [0.25, 0.3) is 0 Å². The van der Waals surface area contributed by atoms with Crippen molar-refractivity contribution in [3.63, 3.8) is 0 Å². The minimum absolute atomic E-state index is 0.287. The molecule has 3 nitrogen and oxygen atoms in total. The van der Waals surface area contributed by atoms with E-state index in [9.17, 15) is 4.79 Å². The van der Waals surface area contributed by atoms with Crippen molar-refractivity contribution in [2.24, 2.45) is 17.3 Å². The van der Waals surface area contributed by atoms with E-state index < -0.39 is 0 Å². The molecular weight excluding hydrogens is 356 g/mol. The molecule has 0 saturated carbocycles. The molecule has 0 bridgehead atoms. The zero-order valence-electron chi connectivity index (χ0n) is 20.2. The van der Waals surface area contributed by atoms with Crippen molar-refractivity contribution in [1.82, 2.24) is 9.80 Å². The van der Waals surface area contributed by atoms with Crippen molar-refractivity contribution >= 4 is 5.91 Å². The van der Waals surface area contributed by atoms with Crippen LogP contribution in [0.4, 0.5) is 0 Å². The van der Waals surface area contributed by atoms with Crippen molar-refractivity contribution in [2.75, 3.05) is 32.7 Å². The molecule has 29 heavy (non-hydrogen) atoms. The van der Waals surface area contributed by atoms with Gasteiger partial charge in [0.05, 0.1) is 0 Å². The standard InChI is InChI=1S/C26H50N2O/c1-5-8-11-23(4)22-27-18-14-26(15-19-27)16-20-28(21-17-26)25(29)24(12-9-6-2)13-10-7-3/h23-24H,5-22H2,1-4H3. The SMILES string of the molecule is CCCCC(C)CN1CCC2(CC1)CCN(C(=O)C(CCCC)CCCC)CC2. The van der Waals surface area contributed by atoms with Crippen LogP contribution in [0.1, 0.15) is 111 Å². The van der Waals surface area contributed by atoms with E-state index in [1.165, 1.54) is 90.3 Å². The summed E-state index contributed by atoms with van der Waals surface area (Å²) in [6, 6.07) is 0. The molecule has 2 heterocycles. The second-order valence-electron chi connectivity index (χ2n) is 10.4. The first-order valence-electron chi connectivity index (χ1n) is 13.0. The van der Waals surface area contributed by atoms with Gasteiger partial charge in [-0.15, -0.1) is 0 Å². The lowest BCUT2D eigenvalue weighted by Crippen LogP contribution is -2.49. The molecule has 1 atom stereocenters. The molecule has 3 heteroatoms. The van der Waals surface area contributed by atoms with Crippen LogP contribution >= 0.6 is 0 Å². The summed E-state index contributed by atoms with van der Waals surface area (Å²) in [6.07, 6.45) is 16.3. The van der Waals surface area contributed by atoms with Crippen LogP contribution in [-0.4, -0.2) is 48.4 Å². The Morgan fingerprint density at radius 1 is 0.793 bits per heavy atom. The number of rotatable bonds is 12. The van der Waals surface area contributed by atoms with Gasteiger partial charge >= 0.3 is 0 Å². The van der Waals surface area contributed by atoms with E-state index >= 15 is 0 Å². The summed E-state index contributed by atoms with van der Waals surface area (Å²) in [4.78, 5) is 18.1. The zero-order chi connectivity index (χ0) is 21.1. The molecule has 0 aliphatic carbocycles. The molecular formula is C26H50N2O. The summed E-state index contributed by atoms with van der Waals surface area (Å²) in [5.74, 6) is 1.60. The summed E-state index contributed by atoms with van der Waals surface area (Å²) < 4.78 is 0. The molecule has 2 fully saturated rings. The molecule has 0 N–H and O–H groups in total. The van der Waals surface area contributed by atoms with Gasteiger partial charge in [-0.2, -0.15) is 0 Å². The first-order chi connectivity index (χ1) is 14.0. The molecule has 0 aromatic rings. The predicted octanol–water partition coefficient (Wildman–Crippen LogP) is 6.51. The van der Waals surface area contributed by atoms with Crippen LogP contribution in [-0.2, 0) is 4.79 Å². The van der Waals surface area contributed by atoms with Crippen molar-refractivity contribution in [3.05, 3.63) is 0 Å². The monoisotopic (exact) mass is 406 g/mol. The van der Waals surface area contributed by atoms with E-state index in [2.05, 4.69) is 37.5 Å². The molecule has 0 aromatic heterocycles. The Hall–Kier alpha value is -0.570. The molecule has 2 aliphatic heterocycles. The van der Waals surface area contributed by atoms with E-state index in [4.69, 9.17) is 0 Å². The predicted molar refractivity (Wildman–Crippen MR) is 125 cm³/mol. The number of unbranched alkanes of at least 4 members (excludes halogenated alkanes) is 3. The van der Waals surface area contributed by atoms with Gasteiger partial charge in [-0.1, -0.05) is 66.2 Å². The minimum atomic E-state index is 0.287. The van der Waals surface area contributed by atoms with Gasteiger partial charge in [-0.05, 0) is 69.4 Å². The largest absolute Gasteiger partial charge is 0.342 e. The highest BCUT2D eigenvalue weighted by Gasteiger charge is 2.39. The summed E-state index contributed by atoms with van der Waals surface area (Å²) >= 11 is 0. The minimum Gasteiger partial charge on any atom is -0.342 e. The van der Waals surface area contributed by atoms with Crippen LogP contribution in [0.5, 0.6) is 0 Å². The molecule has 0 aromatic carbocycles. The molecule has 1 spiro atoms. The van der Waals surface area contributed by atoms with Crippen molar-refractivity contribution in [1.29, 1.82) is 0 Å². The van der Waals surface area contributed by atoms with Gasteiger partial charge in [0.25, 0.3) is 0 Å². The Labute approximate surface area is 182 Å². The quantitative estimate of drug-likeness (QED) is 0.368. The van der Waals surface area contributed by atoms with Crippen molar-refractivity contribution in [3.8, 4) is 0 Å². The maximum atomic E-state index is 13.2. The first kappa shape index (κ1) is 24.7. The van der Waals surface area contributed by atoms with Crippen LogP contribution < -0.4 is 0 Å². The summed E-state index contributed by atoms with van der Waals surface area (Å²) in [5, 5.41) is 0. The van der Waals surface area contributed by atoms with E-state index in [1.54, 1.807) is 0 Å². The lowest BCUT2D eigenvalue weighted by Gasteiger charge is -2.47. The summed E-state index contributed by atoms with van der Waals surface area (Å²) in [6.45, 7) is 15.1. The number of likely N-dealkylation sites (tertiary alicyclic amines) is 2. The Morgan fingerprint density at radius 2 is 1.28 bits per heavy atom. The summed E-state index contributed by atoms with van der Waals surface area (Å²) in [7, 11) is 0.